The van der Waals surface area contributed by atoms with Gasteiger partial charge in [0.05, 0.1) is 31.3 Å². The minimum Gasteiger partial charge on any atom is -0.489 e. The molecule has 0 spiro atoms. The lowest BCUT2D eigenvalue weighted by Gasteiger charge is -2.27. The molecule has 0 radical (unpaired) electrons. The number of benzene rings is 2. The van der Waals surface area contributed by atoms with Crippen LogP contribution in [0.15, 0.2) is 85.9 Å². The monoisotopic (exact) mass is 628 g/mol. The van der Waals surface area contributed by atoms with E-state index in [9.17, 15) is 22.6 Å². The zero-order valence-electron chi connectivity index (χ0n) is 24.3. The number of fused-ring (bicyclic) bond motifs is 2. The third-order valence-electron chi connectivity index (χ3n) is 6.35. The molecule has 11 nitrogen and oxygen atoms in total. The maximum atomic E-state index is 12.1. The van der Waals surface area contributed by atoms with Crippen LogP contribution in [0.25, 0.3) is 10.8 Å². The quantitative estimate of drug-likeness (QED) is 0.0791. The summed E-state index contributed by atoms with van der Waals surface area (Å²) in [4.78, 5) is 23.7. The molecule has 1 aliphatic carbocycles. The van der Waals surface area contributed by atoms with E-state index in [1.165, 1.54) is 6.08 Å². The molecule has 0 fully saturated rings. The number of hydrogen-bond acceptors (Lipinski definition) is 10. The van der Waals surface area contributed by atoms with Crippen LogP contribution in [0.3, 0.4) is 0 Å². The van der Waals surface area contributed by atoms with Crippen LogP contribution in [0.4, 0.5) is 0 Å². The van der Waals surface area contributed by atoms with Crippen LogP contribution in [-0.4, -0.2) is 76.8 Å². The van der Waals surface area contributed by atoms with Gasteiger partial charge in [0.1, 0.15) is 24.7 Å². The van der Waals surface area contributed by atoms with Crippen LogP contribution in [0.5, 0.6) is 11.5 Å². The summed E-state index contributed by atoms with van der Waals surface area (Å²) >= 11 is 0. The molecule has 2 aromatic carbocycles. The van der Waals surface area contributed by atoms with Gasteiger partial charge in [0, 0.05) is 40.5 Å². The number of rotatable bonds is 19. The largest absolute Gasteiger partial charge is 0.489 e. The van der Waals surface area contributed by atoms with E-state index in [-0.39, 0.29) is 57.4 Å². The van der Waals surface area contributed by atoms with Crippen molar-refractivity contribution in [3.05, 3.63) is 97.0 Å². The Labute approximate surface area is 256 Å². The summed E-state index contributed by atoms with van der Waals surface area (Å²) in [6, 6.07) is 7.15. The van der Waals surface area contributed by atoms with Gasteiger partial charge in [-0.25, -0.2) is 9.59 Å². The van der Waals surface area contributed by atoms with Gasteiger partial charge in [0.25, 0.3) is 10.1 Å². The third-order valence-corrected chi connectivity index (χ3v) is 7.32. The molecule has 2 unspecified atom stereocenters. The lowest BCUT2D eigenvalue weighted by atomic mass is 9.90. The summed E-state index contributed by atoms with van der Waals surface area (Å²) < 4.78 is 68.4. The van der Waals surface area contributed by atoms with Crippen molar-refractivity contribution in [1.29, 1.82) is 0 Å². The number of carbonyl (C=O) groups is 2. The second-order valence-electron chi connectivity index (χ2n) is 9.49. The molecule has 0 bridgehead atoms. The fraction of sp³-hybridized carbons (Fsp3) is 0.312. The summed E-state index contributed by atoms with van der Waals surface area (Å²) in [5.41, 5.74) is 1.06. The molecule has 1 aliphatic rings. The molecule has 0 saturated carbocycles. The van der Waals surface area contributed by atoms with Crippen molar-refractivity contribution in [3.8, 4) is 11.5 Å². The summed E-state index contributed by atoms with van der Waals surface area (Å²) in [5, 5.41) is 1.20. The second kappa shape index (κ2) is 16.6. The highest BCUT2D eigenvalue weighted by atomic mass is 32.2. The molecule has 2 atom stereocenters. The summed E-state index contributed by atoms with van der Waals surface area (Å²) in [5.74, 6) is -0.580. The van der Waals surface area contributed by atoms with Gasteiger partial charge >= 0.3 is 11.9 Å². The van der Waals surface area contributed by atoms with Crippen LogP contribution in [0, 0.1) is 0 Å². The maximum Gasteiger partial charge on any atom is 0.330 e. The SMILES string of the molecule is C=CCOCC(COc1c2c(c(OCC(COCC=C)OC(=O)C=C)c3ccccc13)CC(S(=O)(=O)O)=CC2)OC(=O)C=C. The lowest BCUT2D eigenvalue weighted by Crippen LogP contribution is -2.30. The first-order chi connectivity index (χ1) is 21.1. The van der Waals surface area contributed by atoms with Gasteiger partial charge in [-0.3, -0.25) is 4.55 Å². The number of ether oxygens (including phenoxy) is 6. The average molecular weight is 629 g/mol. The standard InChI is InChI=1S/C32H36O11S/c1-5-15-38-18-22(42-29(33)7-3)20-40-31-25-11-9-10-12-26(25)32(28-17-24(44(35,36)37)13-14-27(28)31)41-21-23(19-39-16-6-2)43-30(34)8-4/h5-13,22-23H,1-4,14-21H2,(H,35,36,37). The first-order valence-electron chi connectivity index (χ1n) is 13.6. The van der Waals surface area contributed by atoms with Crippen molar-refractivity contribution in [3.63, 3.8) is 0 Å². The van der Waals surface area contributed by atoms with Gasteiger partial charge in [-0.1, -0.05) is 55.7 Å². The van der Waals surface area contributed by atoms with Crippen molar-refractivity contribution < 1.29 is 51.0 Å². The van der Waals surface area contributed by atoms with E-state index in [1.807, 2.05) is 0 Å². The van der Waals surface area contributed by atoms with Gasteiger partial charge in [-0.2, -0.15) is 8.42 Å². The Balaban J connectivity index is 2.05. The summed E-state index contributed by atoms with van der Waals surface area (Å²) in [6.45, 7) is 14.3. The Morgan fingerprint density at radius 1 is 0.795 bits per heavy atom. The molecular weight excluding hydrogens is 592 g/mol. The predicted octanol–water partition coefficient (Wildman–Crippen LogP) is 4.07. The van der Waals surface area contributed by atoms with Gasteiger partial charge < -0.3 is 28.4 Å². The zero-order chi connectivity index (χ0) is 32.1. The molecule has 12 heteroatoms. The molecule has 0 heterocycles. The summed E-state index contributed by atoms with van der Waals surface area (Å²) in [7, 11) is -4.51. The van der Waals surface area contributed by atoms with Crippen molar-refractivity contribution in [2.75, 3.05) is 39.6 Å². The first-order valence-corrected chi connectivity index (χ1v) is 15.1. The minimum absolute atomic E-state index is 0.00182. The highest BCUT2D eigenvalue weighted by Crippen LogP contribution is 2.44. The molecule has 0 aromatic heterocycles. The molecule has 3 rings (SSSR count). The Kier molecular flexibility index (Phi) is 12.9. The van der Waals surface area contributed by atoms with Crippen molar-refractivity contribution in [1.82, 2.24) is 0 Å². The highest BCUT2D eigenvalue weighted by molar-refractivity contribution is 7.89. The number of carbonyl (C=O) groups excluding carboxylic acids is 2. The number of allylic oxidation sites excluding steroid dienone is 2. The maximum absolute atomic E-state index is 12.1. The van der Waals surface area contributed by atoms with Gasteiger partial charge in [0.2, 0.25) is 0 Å². The van der Waals surface area contributed by atoms with Crippen LogP contribution in [-0.2, 0) is 51.5 Å². The Hall–Kier alpha value is -4.23. The average Bonchev–Trinajstić information content (AvgIpc) is 3.01. The van der Waals surface area contributed by atoms with E-state index < -0.39 is 34.3 Å². The third kappa shape index (κ3) is 9.38. The smallest absolute Gasteiger partial charge is 0.330 e. The molecular formula is C32H36O11S. The van der Waals surface area contributed by atoms with E-state index in [4.69, 9.17) is 28.4 Å². The van der Waals surface area contributed by atoms with E-state index in [2.05, 4.69) is 26.3 Å². The fourth-order valence-corrected chi connectivity index (χ4v) is 5.07. The Morgan fingerprint density at radius 2 is 1.27 bits per heavy atom. The van der Waals surface area contributed by atoms with Gasteiger partial charge in [0.15, 0.2) is 12.2 Å². The highest BCUT2D eigenvalue weighted by Gasteiger charge is 2.29. The van der Waals surface area contributed by atoms with Gasteiger partial charge in [-0.05, 0) is 6.42 Å². The molecule has 2 aromatic rings. The van der Waals surface area contributed by atoms with Crippen molar-refractivity contribution in [2.45, 2.75) is 25.0 Å². The van der Waals surface area contributed by atoms with Crippen LogP contribution < -0.4 is 9.47 Å². The van der Waals surface area contributed by atoms with Crippen LogP contribution in [0.2, 0.25) is 0 Å². The predicted molar refractivity (Wildman–Crippen MR) is 164 cm³/mol. The Bertz CT molecular complexity index is 1520. The fourth-order valence-electron chi connectivity index (χ4n) is 4.45. The van der Waals surface area contributed by atoms with E-state index in [1.54, 1.807) is 36.4 Å². The molecule has 0 saturated heterocycles. The zero-order valence-corrected chi connectivity index (χ0v) is 25.1. The van der Waals surface area contributed by atoms with Crippen molar-refractivity contribution >= 4 is 32.8 Å². The minimum atomic E-state index is -4.51. The van der Waals surface area contributed by atoms with Crippen molar-refractivity contribution in [2.24, 2.45) is 0 Å². The Morgan fingerprint density at radius 3 is 1.70 bits per heavy atom. The molecule has 1 N–H and O–H groups in total. The van der Waals surface area contributed by atoms with Crippen LogP contribution in [0.1, 0.15) is 11.1 Å². The summed E-state index contributed by atoms with van der Waals surface area (Å²) in [6.07, 6.45) is 4.84. The normalized spacial score (nSPS) is 13.9. The topological polar surface area (TPSA) is 144 Å². The molecule has 236 valence electrons. The van der Waals surface area contributed by atoms with Crippen LogP contribution >= 0.6 is 0 Å². The lowest BCUT2D eigenvalue weighted by molar-refractivity contribution is -0.148. The molecule has 0 aliphatic heterocycles. The molecule has 44 heavy (non-hydrogen) atoms. The molecule has 0 amide bonds. The number of hydrogen-bond donors (Lipinski definition) is 1. The van der Waals surface area contributed by atoms with E-state index in [0.717, 1.165) is 12.2 Å². The van der Waals surface area contributed by atoms with E-state index in [0.29, 0.717) is 33.4 Å². The first kappa shape index (κ1) is 34.3. The van der Waals surface area contributed by atoms with Gasteiger partial charge in [-0.15, -0.1) is 13.2 Å². The second-order valence-corrected chi connectivity index (χ2v) is 11.0. The van der Waals surface area contributed by atoms with E-state index >= 15 is 0 Å². The number of esters is 2.